The van der Waals surface area contributed by atoms with Crippen LogP contribution >= 0.6 is 0 Å². The van der Waals surface area contributed by atoms with E-state index in [1.807, 2.05) is 11.7 Å². The van der Waals surface area contributed by atoms with Gasteiger partial charge in [0.05, 0.1) is 5.69 Å². The summed E-state index contributed by atoms with van der Waals surface area (Å²) in [6.45, 7) is 9.94. The quantitative estimate of drug-likeness (QED) is 0.882. The number of rotatable bonds is 3. The Bertz CT molecular complexity index is 410. The van der Waals surface area contributed by atoms with Crippen LogP contribution in [0, 0.1) is 19.8 Å². The van der Waals surface area contributed by atoms with Gasteiger partial charge in [-0.25, -0.2) is 0 Å². The van der Waals surface area contributed by atoms with Crippen LogP contribution in [-0.2, 0) is 13.6 Å². The van der Waals surface area contributed by atoms with E-state index < -0.39 is 0 Å². The number of hydrogen-bond acceptors (Lipinski definition) is 3. The average Bonchev–Trinajstić information content (AvgIpc) is 2.53. The summed E-state index contributed by atoms with van der Waals surface area (Å²) < 4.78 is 1.98. The maximum absolute atomic E-state index is 4.47. The van der Waals surface area contributed by atoms with Crippen molar-refractivity contribution in [3.05, 3.63) is 17.0 Å². The molecule has 0 amide bonds. The fourth-order valence-electron chi connectivity index (χ4n) is 2.96. The largest absolute Gasteiger partial charge is 0.309 e. The summed E-state index contributed by atoms with van der Waals surface area (Å²) in [6.07, 6.45) is 1.25. The molecular weight excluding hydrogens is 224 g/mol. The first kappa shape index (κ1) is 13.6. The lowest BCUT2D eigenvalue weighted by Gasteiger charge is -2.35. The highest BCUT2D eigenvalue weighted by Crippen LogP contribution is 2.17. The predicted octanol–water partition coefficient (Wildman–Crippen LogP) is 1.47. The Labute approximate surface area is 110 Å². The van der Waals surface area contributed by atoms with Gasteiger partial charge in [-0.15, -0.1) is 0 Å². The van der Waals surface area contributed by atoms with Crippen LogP contribution in [0.3, 0.4) is 0 Å². The fraction of sp³-hybridized carbons (Fsp3) is 0.786. The van der Waals surface area contributed by atoms with Gasteiger partial charge in [-0.1, -0.05) is 6.92 Å². The summed E-state index contributed by atoms with van der Waals surface area (Å²) in [5.41, 5.74) is 3.80. The number of piperidine rings is 1. The molecule has 0 bridgehead atoms. The zero-order valence-electron chi connectivity index (χ0n) is 12.3. The maximum Gasteiger partial charge on any atom is 0.0641 e. The number of hydrogen-bond donors (Lipinski definition) is 1. The van der Waals surface area contributed by atoms with Crippen molar-refractivity contribution in [2.24, 2.45) is 13.0 Å². The molecule has 0 spiro atoms. The van der Waals surface area contributed by atoms with Gasteiger partial charge >= 0.3 is 0 Å². The highest BCUT2D eigenvalue weighted by Gasteiger charge is 2.24. The van der Waals surface area contributed by atoms with Crippen molar-refractivity contribution in [2.45, 2.75) is 39.8 Å². The van der Waals surface area contributed by atoms with E-state index in [1.54, 1.807) is 0 Å². The van der Waals surface area contributed by atoms with E-state index in [4.69, 9.17) is 0 Å². The fourth-order valence-corrected chi connectivity index (χ4v) is 2.96. The number of likely N-dealkylation sites (tertiary alicyclic amines) is 1. The maximum atomic E-state index is 4.47. The van der Waals surface area contributed by atoms with Crippen molar-refractivity contribution in [1.82, 2.24) is 20.0 Å². The molecule has 1 aliphatic heterocycles. The molecule has 0 aromatic carbocycles. The van der Waals surface area contributed by atoms with E-state index in [9.17, 15) is 0 Å². The van der Waals surface area contributed by atoms with Gasteiger partial charge in [0.2, 0.25) is 0 Å². The minimum absolute atomic E-state index is 0.639. The van der Waals surface area contributed by atoms with E-state index in [1.165, 1.54) is 30.8 Å². The smallest absolute Gasteiger partial charge is 0.0641 e. The van der Waals surface area contributed by atoms with Crippen LogP contribution in [0.25, 0.3) is 0 Å². The van der Waals surface area contributed by atoms with Gasteiger partial charge in [-0.2, -0.15) is 5.10 Å². The summed E-state index contributed by atoms with van der Waals surface area (Å²) in [5, 5.41) is 8.20. The minimum Gasteiger partial charge on any atom is -0.309 e. The van der Waals surface area contributed by atoms with Crippen LogP contribution in [0.2, 0.25) is 0 Å². The van der Waals surface area contributed by atoms with E-state index in [-0.39, 0.29) is 0 Å². The number of nitrogens with one attached hydrogen (secondary N) is 1. The van der Waals surface area contributed by atoms with Crippen molar-refractivity contribution < 1.29 is 0 Å². The van der Waals surface area contributed by atoms with Crippen LogP contribution in [0.4, 0.5) is 0 Å². The molecule has 0 radical (unpaired) electrons. The first-order valence-electron chi connectivity index (χ1n) is 6.90. The molecule has 2 atom stereocenters. The lowest BCUT2D eigenvalue weighted by Crippen LogP contribution is -2.46. The predicted molar refractivity (Wildman–Crippen MR) is 74.6 cm³/mol. The Kier molecular flexibility index (Phi) is 4.07. The molecule has 2 rings (SSSR count). The molecule has 1 aromatic rings. The molecule has 1 saturated heterocycles. The van der Waals surface area contributed by atoms with Crippen LogP contribution in [0.5, 0.6) is 0 Å². The first-order valence-corrected chi connectivity index (χ1v) is 6.90. The van der Waals surface area contributed by atoms with Gasteiger partial charge in [0.15, 0.2) is 0 Å². The van der Waals surface area contributed by atoms with E-state index in [0.717, 1.165) is 18.2 Å². The van der Waals surface area contributed by atoms with Gasteiger partial charge in [0.1, 0.15) is 0 Å². The number of aryl methyl sites for hydroxylation is 2. The average molecular weight is 250 g/mol. The summed E-state index contributed by atoms with van der Waals surface area (Å²) in [5.74, 6) is 0.723. The van der Waals surface area contributed by atoms with Gasteiger partial charge in [0.25, 0.3) is 0 Å². The molecule has 1 aromatic heterocycles. The lowest BCUT2D eigenvalue weighted by molar-refractivity contribution is 0.174. The van der Waals surface area contributed by atoms with Gasteiger partial charge < -0.3 is 10.2 Å². The van der Waals surface area contributed by atoms with Crippen LogP contribution < -0.4 is 5.32 Å². The Morgan fingerprint density at radius 1 is 1.33 bits per heavy atom. The summed E-state index contributed by atoms with van der Waals surface area (Å²) in [6, 6.07) is 0.639. The molecule has 1 N–H and O–H groups in total. The first-order chi connectivity index (χ1) is 8.49. The molecule has 1 fully saturated rings. The van der Waals surface area contributed by atoms with Crippen LogP contribution in [0.15, 0.2) is 0 Å². The van der Waals surface area contributed by atoms with Crippen LogP contribution in [0.1, 0.15) is 30.3 Å². The van der Waals surface area contributed by atoms with E-state index >= 15 is 0 Å². The molecule has 1 aliphatic rings. The van der Waals surface area contributed by atoms with Crippen molar-refractivity contribution in [3.63, 3.8) is 0 Å². The summed E-state index contributed by atoms with van der Waals surface area (Å²) >= 11 is 0. The zero-order chi connectivity index (χ0) is 13.3. The van der Waals surface area contributed by atoms with Crippen LogP contribution in [-0.4, -0.2) is 40.9 Å². The van der Waals surface area contributed by atoms with Crippen molar-refractivity contribution in [2.75, 3.05) is 20.1 Å². The molecule has 102 valence electrons. The Hall–Kier alpha value is -0.870. The highest BCUT2D eigenvalue weighted by atomic mass is 15.3. The molecule has 2 heterocycles. The molecule has 4 heteroatoms. The van der Waals surface area contributed by atoms with Crippen molar-refractivity contribution in [3.8, 4) is 0 Å². The molecule has 4 nitrogen and oxygen atoms in total. The summed E-state index contributed by atoms with van der Waals surface area (Å²) in [7, 11) is 4.23. The molecule has 2 unspecified atom stereocenters. The monoisotopic (exact) mass is 250 g/mol. The van der Waals surface area contributed by atoms with Gasteiger partial charge in [-0.05, 0) is 39.8 Å². The lowest BCUT2D eigenvalue weighted by atomic mass is 9.94. The molecule has 0 aliphatic carbocycles. The number of nitrogens with zero attached hydrogens (tertiary/aromatic N) is 3. The molecular formula is C14H26N4. The second-order valence-corrected chi connectivity index (χ2v) is 5.79. The Morgan fingerprint density at radius 3 is 2.61 bits per heavy atom. The molecule has 0 saturated carbocycles. The molecule has 18 heavy (non-hydrogen) atoms. The normalized spacial score (nSPS) is 25.6. The van der Waals surface area contributed by atoms with E-state index in [2.05, 4.69) is 43.1 Å². The Balaban J connectivity index is 1.95. The van der Waals surface area contributed by atoms with Gasteiger partial charge in [0, 0.05) is 37.4 Å². The Morgan fingerprint density at radius 2 is 2.06 bits per heavy atom. The van der Waals surface area contributed by atoms with Crippen molar-refractivity contribution >= 4 is 0 Å². The second-order valence-electron chi connectivity index (χ2n) is 5.79. The van der Waals surface area contributed by atoms with E-state index in [0.29, 0.717) is 6.04 Å². The topological polar surface area (TPSA) is 33.1 Å². The van der Waals surface area contributed by atoms with Gasteiger partial charge in [-0.3, -0.25) is 4.68 Å². The second kappa shape index (κ2) is 5.41. The standard InChI is InChI=1S/C14H26N4/c1-10-9-17(4)7-6-14(10)15-8-13-11(2)16-18(5)12(13)3/h10,14-15H,6-9H2,1-5H3. The third-order valence-corrected chi connectivity index (χ3v) is 4.31. The third kappa shape index (κ3) is 2.75. The highest BCUT2D eigenvalue weighted by molar-refractivity contribution is 5.24. The SMILES string of the molecule is Cc1nn(C)c(C)c1CNC1CCN(C)CC1C. The zero-order valence-corrected chi connectivity index (χ0v) is 12.3. The van der Waals surface area contributed by atoms with Crippen molar-refractivity contribution in [1.29, 1.82) is 0 Å². The third-order valence-electron chi connectivity index (χ3n) is 4.31. The number of aromatic nitrogens is 2. The summed E-state index contributed by atoms with van der Waals surface area (Å²) in [4.78, 5) is 2.42. The minimum atomic E-state index is 0.639.